The van der Waals surface area contributed by atoms with E-state index in [1.54, 1.807) is 12.1 Å². The molecule has 20 heavy (non-hydrogen) atoms. The maximum Gasteiger partial charge on any atom is 0.128 e. The maximum atomic E-state index is 9.55. The molecule has 0 heterocycles. The normalized spacial score (nSPS) is 10.2. The Balaban J connectivity index is 1.90. The molecular weight excluding hydrogens is 248 g/mol. The summed E-state index contributed by atoms with van der Waals surface area (Å²) in [5.74, 6) is 1.84. The second kappa shape index (κ2) is 5.49. The zero-order chi connectivity index (χ0) is 13.8. The molecule has 2 nitrogen and oxygen atoms in total. The molecular formula is C18H14O2. The monoisotopic (exact) mass is 262 g/mol. The fraction of sp³-hybridized carbons (Fsp3) is 0. The standard InChI is InChI=1S/C18H14O2/c19-16-8-4-6-14(12-16)15-7-5-11-18(13-15)20-17-9-2-1-3-10-17/h1-13,19H. The molecule has 98 valence electrons. The van der Waals surface area contributed by atoms with Crippen LogP contribution in [0.15, 0.2) is 78.9 Å². The first-order valence-electron chi connectivity index (χ1n) is 6.44. The smallest absolute Gasteiger partial charge is 0.128 e. The van der Waals surface area contributed by atoms with Gasteiger partial charge in [-0.1, -0.05) is 42.5 Å². The van der Waals surface area contributed by atoms with Gasteiger partial charge in [0, 0.05) is 0 Å². The molecule has 1 N–H and O–H groups in total. The van der Waals surface area contributed by atoms with Crippen molar-refractivity contribution in [3.05, 3.63) is 78.9 Å². The highest BCUT2D eigenvalue weighted by Crippen LogP contribution is 2.28. The van der Waals surface area contributed by atoms with Crippen molar-refractivity contribution >= 4 is 0 Å². The lowest BCUT2D eigenvalue weighted by molar-refractivity contribution is 0.475. The summed E-state index contributed by atoms with van der Waals surface area (Å²) < 4.78 is 5.81. The highest BCUT2D eigenvalue weighted by atomic mass is 16.5. The molecule has 0 aliphatic heterocycles. The molecule has 3 aromatic rings. The van der Waals surface area contributed by atoms with Gasteiger partial charge in [-0.2, -0.15) is 0 Å². The van der Waals surface area contributed by atoms with Crippen LogP contribution in [0, 0.1) is 0 Å². The van der Waals surface area contributed by atoms with E-state index in [0.717, 1.165) is 22.6 Å². The number of hydrogen-bond acceptors (Lipinski definition) is 2. The summed E-state index contributed by atoms with van der Waals surface area (Å²) in [6.07, 6.45) is 0. The summed E-state index contributed by atoms with van der Waals surface area (Å²) in [4.78, 5) is 0. The summed E-state index contributed by atoms with van der Waals surface area (Å²) >= 11 is 0. The summed E-state index contributed by atoms with van der Waals surface area (Å²) in [5, 5.41) is 9.55. The minimum atomic E-state index is 0.261. The lowest BCUT2D eigenvalue weighted by Gasteiger charge is -2.08. The zero-order valence-electron chi connectivity index (χ0n) is 10.9. The molecule has 0 aromatic heterocycles. The minimum Gasteiger partial charge on any atom is -0.508 e. The van der Waals surface area contributed by atoms with Crippen LogP contribution in [-0.4, -0.2) is 5.11 Å². The Morgan fingerprint density at radius 3 is 2.00 bits per heavy atom. The number of rotatable bonds is 3. The molecule has 0 aliphatic carbocycles. The van der Waals surface area contributed by atoms with Crippen molar-refractivity contribution < 1.29 is 9.84 Å². The van der Waals surface area contributed by atoms with Crippen LogP contribution in [0.5, 0.6) is 17.2 Å². The Labute approximate surface area is 117 Å². The molecule has 0 saturated carbocycles. The Morgan fingerprint density at radius 1 is 0.600 bits per heavy atom. The third-order valence-electron chi connectivity index (χ3n) is 2.99. The lowest BCUT2D eigenvalue weighted by atomic mass is 10.1. The van der Waals surface area contributed by atoms with Crippen LogP contribution >= 0.6 is 0 Å². The topological polar surface area (TPSA) is 29.5 Å². The van der Waals surface area contributed by atoms with Crippen LogP contribution in [0.1, 0.15) is 0 Å². The van der Waals surface area contributed by atoms with E-state index in [9.17, 15) is 5.11 Å². The van der Waals surface area contributed by atoms with Gasteiger partial charge in [0.2, 0.25) is 0 Å². The second-order valence-electron chi connectivity index (χ2n) is 4.49. The van der Waals surface area contributed by atoms with Crippen LogP contribution in [0.4, 0.5) is 0 Å². The van der Waals surface area contributed by atoms with E-state index in [2.05, 4.69) is 0 Å². The number of phenols is 1. The van der Waals surface area contributed by atoms with E-state index in [-0.39, 0.29) is 5.75 Å². The van der Waals surface area contributed by atoms with Gasteiger partial charge in [-0.15, -0.1) is 0 Å². The van der Waals surface area contributed by atoms with Crippen LogP contribution < -0.4 is 4.74 Å². The van der Waals surface area contributed by atoms with Gasteiger partial charge < -0.3 is 9.84 Å². The third-order valence-corrected chi connectivity index (χ3v) is 2.99. The molecule has 0 fully saturated rings. The van der Waals surface area contributed by atoms with Crippen LogP contribution in [0.3, 0.4) is 0 Å². The number of benzene rings is 3. The summed E-state index contributed by atoms with van der Waals surface area (Å²) in [6, 6.07) is 24.7. The highest BCUT2D eigenvalue weighted by molar-refractivity contribution is 5.66. The first-order chi connectivity index (χ1) is 9.81. The Bertz CT molecular complexity index is 705. The van der Waals surface area contributed by atoms with Gasteiger partial charge in [0.05, 0.1) is 0 Å². The van der Waals surface area contributed by atoms with Crippen LogP contribution in [0.25, 0.3) is 11.1 Å². The minimum absolute atomic E-state index is 0.261. The summed E-state index contributed by atoms with van der Waals surface area (Å²) in [5.41, 5.74) is 1.97. The van der Waals surface area contributed by atoms with Crippen molar-refractivity contribution in [3.63, 3.8) is 0 Å². The number of hydrogen-bond donors (Lipinski definition) is 1. The lowest BCUT2D eigenvalue weighted by Crippen LogP contribution is -1.84. The van der Waals surface area contributed by atoms with Crippen molar-refractivity contribution in [1.29, 1.82) is 0 Å². The molecule has 3 aromatic carbocycles. The van der Waals surface area contributed by atoms with Gasteiger partial charge in [-0.05, 0) is 47.5 Å². The first kappa shape index (κ1) is 12.3. The molecule has 0 aliphatic rings. The Hall–Kier alpha value is -2.74. The van der Waals surface area contributed by atoms with E-state index in [0.29, 0.717) is 0 Å². The van der Waals surface area contributed by atoms with Gasteiger partial charge in [0.15, 0.2) is 0 Å². The Kier molecular flexibility index (Phi) is 3.38. The fourth-order valence-electron chi connectivity index (χ4n) is 2.05. The highest BCUT2D eigenvalue weighted by Gasteiger charge is 2.02. The average Bonchev–Trinajstić information content (AvgIpc) is 2.49. The van der Waals surface area contributed by atoms with Crippen molar-refractivity contribution in [3.8, 4) is 28.4 Å². The molecule has 0 radical (unpaired) electrons. The Morgan fingerprint density at radius 2 is 1.25 bits per heavy atom. The largest absolute Gasteiger partial charge is 0.508 e. The van der Waals surface area contributed by atoms with E-state index in [1.165, 1.54) is 0 Å². The second-order valence-corrected chi connectivity index (χ2v) is 4.49. The molecule has 0 spiro atoms. The van der Waals surface area contributed by atoms with Crippen molar-refractivity contribution in [2.75, 3.05) is 0 Å². The molecule has 0 atom stereocenters. The van der Waals surface area contributed by atoms with Gasteiger partial charge in [-0.3, -0.25) is 0 Å². The van der Waals surface area contributed by atoms with E-state index < -0.39 is 0 Å². The third kappa shape index (κ3) is 2.81. The maximum absolute atomic E-state index is 9.55. The van der Waals surface area contributed by atoms with Gasteiger partial charge in [0.25, 0.3) is 0 Å². The quantitative estimate of drug-likeness (QED) is 0.731. The van der Waals surface area contributed by atoms with E-state index >= 15 is 0 Å². The number of ether oxygens (including phenoxy) is 1. The molecule has 2 heteroatoms. The average molecular weight is 262 g/mol. The summed E-state index contributed by atoms with van der Waals surface area (Å²) in [7, 11) is 0. The molecule has 3 rings (SSSR count). The molecule has 0 bridgehead atoms. The fourth-order valence-corrected chi connectivity index (χ4v) is 2.05. The number of para-hydroxylation sites is 1. The van der Waals surface area contributed by atoms with Crippen molar-refractivity contribution in [2.24, 2.45) is 0 Å². The number of phenolic OH excluding ortho intramolecular Hbond substituents is 1. The van der Waals surface area contributed by atoms with E-state index in [4.69, 9.17) is 4.74 Å². The first-order valence-corrected chi connectivity index (χ1v) is 6.44. The SMILES string of the molecule is Oc1cccc(-c2cccc(Oc3ccccc3)c2)c1. The molecule has 0 amide bonds. The number of aromatic hydroxyl groups is 1. The van der Waals surface area contributed by atoms with Crippen LogP contribution in [0.2, 0.25) is 0 Å². The van der Waals surface area contributed by atoms with E-state index in [1.807, 2.05) is 66.7 Å². The zero-order valence-corrected chi connectivity index (χ0v) is 10.9. The molecule has 0 unspecified atom stereocenters. The van der Waals surface area contributed by atoms with Crippen molar-refractivity contribution in [1.82, 2.24) is 0 Å². The van der Waals surface area contributed by atoms with Crippen molar-refractivity contribution in [2.45, 2.75) is 0 Å². The van der Waals surface area contributed by atoms with Crippen LogP contribution in [-0.2, 0) is 0 Å². The predicted molar refractivity (Wildman–Crippen MR) is 80.1 cm³/mol. The summed E-state index contributed by atoms with van der Waals surface area (Å²) in [6.45, 7) is 0. The molecule has 0 saturated heterocycles. The van der Waals surface area contributed by atoms with Gasteiger partial charge in [-0.25, -0.2) is 0 Å². The van der Waals surface area contributed by atoms with Gasteiger partial charge in [0.1, 0.15) is 17.2 Å². The van der Waals surface area contributed by atoms with Gasteiger partial charge >= 0.3 is 0 Å². The predicted octanol–water partition coefficient (Wildman–Crippen LogP) is 4.85.